The Balaban J connectivity index is 2.26. The molecule has 0 radical (unpaired) electrons. The highest BCUT2D eigenvalue weighted by molar-refractivity contribution is 7.08. The molecule has 1 aromatic heterocycles. The van der Waals surface area contributed by atoms with Crippen LogP contribution in [0.4, 0.5) is 5.69 Å². The van der Waals surface area contributed by atoms with Crippen molar-refractivity contribution in [3.05, 3.63) is 34.0 Å². The van der Waals surface area contributed by atoms with Gasteiger partial charge in [0.25, 0.3) is 0 Å². The fourth-order valence-electron chi connectivity index (χ4n) is 2.06. The van der Waals surface area contributed by atoms with E-state index in [9.17, 15) is 0 Å². The summed E-state index contributed by atoms with van der Waals surface area (Å²) in [6.45, 7) is 11.2. The Morgan fingerprint density at radius 1 is 1.33 bits per heavy atom. The highest BCUT2D eigenvalue weighted by Crippen LogP contribution is 2.40. The number of ether oxygens (including phenoxy) is 1. The van der Waals surface area contributed by atoms with Crippen molar-refractivity contribution in [3.8, 4) is 10.8 Å². The van der Waals surface area contributed by atoms with E-state index in [0.29, 0.717) is 10.1 Å². The van der Waals surface area contributed by atoms with Crippen LogP contribution in [0.15, 0.2) is 17.1 Å². The van der Waals surface area contributed by atoms with Crippen LogP contribution in [0.5, 0.6) is 10.8 Å². The van der Waals surface area contributed by atoms with E-state index in [2.05, 4.69) is 30.1 Å². The van der Waals surface area contributed by atoms with Crippen LogP contribution in [-0.4, -0.2) is 29.2 Å². The molecule has 0 bridgehead atoms. The first kappa shape index (κ1) is 18.7. The molecule has 0 aliphatic rings. The van der Waals surface area contributed by atoms with Crippen molar-refractivity contribution >= 4 is 35.2 Å². The topological polar surface area (TPSA) is 37.7 Å². The third kappa shape index (κ3) is 4.28. The summed E-state index contributed by atoms with van der Waals surface area (Å²) in [7, 11) is 2.00. The highest BCUT2D eigenvalue weighted by Gasteiger charge is 2.17. The first-order chi connectivity index (χ1) is 11.3. The molecule has 1 aromatic carbocycles. The summed E-state index contributed by atoms with van der Waals surface area (Å²) in [6.07, 6.45) is 1.84. The maximum atomic E-state index is 6.39. The molecule has 0 spiro atoms. The number of aryl methyl sites for hydroxylation is 2. The molecule has 0 aliphatic heterocycles. The van der Waals surface area contributed by atoms with E-state index >= 15 is 0 Å². The number of aliphatic imine (C=N–C) groups is 1. The molecule has 2 aromatic rings. The van der Waals surface area contributed by atoms with Gasteiger partial charge in [-0.05, 0) is 49.9 Å². The smallest absolute Gasteiger partial charge is 0.219 e. The van der Waals surface area contributed by atoms with Gasteiger partial charge in [-0.25, -0.2) is 4.99 Å². The predicted octanol–water partition coefficient (Wildman–Crippen LogP) is 5.94. The third-order valence-corrected chi connectivity index (χ3v) is 4.99. The summed E-state index contributed by atoms with van der Waals surface area (Å²) in [5.41, 5.74) is 3.90. The Hall–Kier alpha value is -1.59. The summed E-state index contributed by atoms with van der Waals surface area (Å²) in [5.74, 6) is 1.07. The lowest BCUT2D eigenvalue weighted by molar-refractivity contribution is 0.492. The molecule has 24 heavy (non-hydrogen) atoms. The zero-order chi connectivity index (χ0) is 17.9. The molecular weight excluding hydrogens is 342 g/mol. The Labute approximate surface area is 153 Å². The molecule has 1 heterocycles. The monoisotopic (exact) mass is 365 g/mol. The van der Waals surface area contributed by atoms with E-state index in [1.807, 2.05) is 44.3 Å². The third-order valence-electron chi connectivity index (χ3n) is 3.77. The van der Waals surface area contributed by atoms with E-state index < -0.39 is 0 Å². The molecule has 0 saturated heterocycles. The standard InChI is InChI=1S/C18H24ClN3OS/c1-7-22(6)10-20-14-8-13(5)15(9-12(14)4)23-18-16(19)17(11(2)3)21-24-18/h8-11H,7H2,1-6H3. The van der Waals surface area contributed by atoms with Crippen LogP contribution in [-0.2, 0) is 0 Å². The lowest BCUT2D eigenvalue weighted by atomic mass is 10.1. The highest BCUT2D eigenvalue weighted by atomic mass is 35.5. The van der Waals surface area contributed by atoms with E-state index in [-0.39, 0.29) is 5.92 Å². The normalized spacial score (nSPS) is 11.5. The zero-order valence-corrected chi connectivity index (χ0v) is 16.6. The van der Waals surface area contributed by atoms with Gasteiger partial charge in [-0.1, -0.05) is 25.4 Å². The first-order valence-electron chi connectivity index (χ1n) is 8.02. The summed E-state index contributed by atoms with van der Waals surface area (Å²) in [4.78, 5) is 6.57. The molecule has 0 unspecified atom stereocenters. The second kappa shape index (κ2) is 7.99. The number of halogens is 1. The molecule has 0 atom stereocenters. The van der Waals surface area contributed by atoms with Crippen LogP contribution in [0.2, 0.25) is 5.02 Å². The van der Waals surface area contributed by atoms with Crippen molar-refractivity contribution in [3.63, 3.8) is 0 Å². The fourth-order valence-corrected chi connectivity index (χ4v) is 3.31. The number of benzene rings is 1. The van der Waals surface area contributed by atoms with Crippen molar-refractivity contribution in [1.29, 1.82) is 0 Å². The number of aromatic nitrogens is 1. The SMILES string of the molecule is CCN(C)C=Nc1cc(C)c(Oc2snc(C(C)C)c2Cl)cc1C. The summed E-state index contributed by atoms with van der Waals surface area (Å²) >= 11 is 7.68. The predicted molar refractivity (Wildman–Crippen MR) is 104 cm³/mol. The van der Waals surface area contributed by atoms with Crippen molar-refractivity contribution in [2.75, 3.05) is 13.6 Å². The average Bonchev–Trinajstić information content (AvgIpc) is 2.90. The van der Waals surface area contributed by atoms with Crippen LogP contribution in [0.25, 0.3) is 0 Å². The Bertz CT molecular complexity index is 740. The summed E-state index contributed by atoms with van der Waals surface area (Å²) < 4.78 is 10.4. The van der Waals surface area contributed by atoms with E-state index in [1.54, 1.807) is 0 Å². The Morgan fingerprint density at radius 3 is 2.62 bits per heavy atom. The van der Waals surface area contributed by atoms with Gasteiger partial charge in [0.15, 0.2) is 0 Å². The van der Waals surface area contributed by atoms with Gasteiger partial charge in [0, 0.05) is 25.1 Å². The maximum absolute atomic E-state index is 6.39. The van der Waals surface area contributed by atoms with Gasteiger partial charge in [-0.2, -0.15) is 4.37 Å². The lowest BCUT2D eigenvalue weighted by Gasteiger charge is -2.12. The Morgan fingerprint density at radius 2 is 2.04 bits per heavy atom. The molecule has 2 rings (SSSR count). The second-order valence-electron chi connectivity index (χ2n) is 6.15. The minimum absolute atomic E-state index is 0.279. The van der Waals surface area contributed by atoms with Gasteiger partial charge in [-0.3, -0.25) is 0 Å². The van der Waals surface area contributed by atoms with Crippen molar-refractivity contribution in [2.45, 2.75) is 40.5 Å². The minimum Gasteiger partial charge on any atom is -0.443 e. The fraction of sp³-hybridized carbons (Fsp3) is 0.444. The molecule has 0 amide bonds. The van der Waals surface area contributed by atoms with E-state index in [0.717, 1.165) is 34.8 Å². The first-order valence-corrected chi connectivity index (χ1v) is 9.17. The van der Waals surface area contributed by atoms with E-state index in [4.69, 9.17) is 16.3 Å². The minimum atomic E-state index is 0.279. The van der Waals surface area contributed by atoms with Crippen LogP contribution in [0, 0.1) is 13.8 Å². The second-order valence-corrected chi connectivity index (χ2v) is 7.26. The van der Waals surface area contributed by atoms with Gasteiger partial charge >= 0.3 is 0 Å². The van der Waals surface area contributed by atoms with Gasteiger partial charge in [-0.15, -0.1) is 0 Å². The molecule has 0 fully saturated rings. The van der Waals surface area contributed by atoms with Crippen LogP contribution in [0.3, 0.4) is 0 Å². The van der Waals surface area contributed by atoms with Crippen LogP contribution in [0.1, 0.15) is 43.5 Å². The van der Waals surface area contributed by atoms with Crippen LogP contribution >= 0.6 is 23.1 Å². The van der Waals surface area contributed by atoms with Gasteiger partial charge in [0.1, 0.15) is 10.8 Å². The molecule has 4 nitrogen and oxygen atoms in total. The number of rotatable bonds is 6. The molecule has 6 heteroatoms. The number of nitrogens with zero attached hydrogens (tertiary/aromatic N) is 3. The molecule has 0 saturated carbocycles. The molecule has 130 valence electrons. The lowest BCUT2D eigenvalue weighted by Crippen LogP contribution is -2.14. The number of hydrogen-bond donors (Lipinski definition) is 0. The molecule has 0 N–H and O–H groups in total. The Kier molecular flexibility index (Phi) is 6.24. The van der Waals surface area contributed by atoms with Crippen molar-refractivity contribution in [2.24, 2.45) is 4.99 Å². The van der Waals surface area contributed by atoms with Gasteiger partial charge in [0.2, 0.25) is 5.06 Å². The van der Waals surface area contributed by atoms with E-state index in [1.165, 1.54) is 11.5 Å². The largest absolute Gasteiger partial charge is 0.443 e. The maximum Gasteiger partial charge on any atom is 0.219 e. The van der Waals surface area contributed by atoms with Crippen molar-refractivity contribution < 1.29 is 4.74 Å². The van der Waals surface area contributed by atoms with Gasteiger partial charge < -0.3 is 9.64 Å². The quantitative estimate of drug-likeness (QED) is 0.469. The van der Waals surface area contributed by atoms with Gasteiger partial charge in [0.05, 0.1) is 17.7 Å². The average molecular weight is 366 g/mol. The summed E-state index contributed by atoms with van der Waals surface area (Å²) in [5, 5.41) is 1.25. The van der Waals surface area contributed by atoms with Crippen LogP contribution < -0.4 is 4.74 Å². The number of hydrogen-bond acceptors (Lipinski definition) is 4. The molecule has 0 aliphatic carbocycles. The summed E-state index contributed by atoms with van der Waals surface area (Å²) in [6, 6.07) is 4.03. The van der Waals surface area contributed by atoms with Crippen molar-refractivity contribution in [1.82, 2.24) is 9.27 Å². The molecular formula is C18H24ClN3OS. The zero-order valence-electron chi connectivity index (χ0n) is 15.1.